The van der Waals surface area contributed by atoms with Gasteiger partial charge >= 0.3 is 0 Å². The second kappa shape index (κ2) is 6.56. The Labute approximate surface area is 137 Å². The highest BCUT2D eigenvalue weighted by atomic mass is 16.2. The topological polar surface area (TPSA) is 52.6 Å². The smallest absolute Gasteiger partial charge is 0.225 e. The van der Waals surface area contributed by atoms with Crippen LogP contribution in [0.2, 0.25) is 0 Å². The predicted molar refractivity (Wildman–Crippen MR) is 90.0 cm³/mol. The molecule has 124 valence electrons. The third-order valence-corrected chi connectivity index (χ3v) is 4.85. The van der Waals surface area contributed by atoms with Crippen LogP contribution in [0.25, 0.3) is 0 Å². The van der Waals surface area contributed by atoms with Gasteiger partial charge in [0.15, 0.2) is 0 Å². The fourth-order valence-electron chi connectivity index (χ4n) is 3.17. The van der Waals surface area contributed by atoms with E-state index in [9.17, 15) is 4.79 Å². The van der Waals surface area contributed by atoms with E-state index in [0.29, 0.717) is 6.54 Å². The maximum Gasteiger partial charge on any atom is 0.225 e. The van der Waals surface area contributed by atoms with Crippen LogP contribution in [0.4, 0.5) is 5.95 Å². The van der Waals surface area contributed by atoms with Gasteiger partial charge in [0.1, 0.15) is 0 Å². The molecule has 2 aliphatic rings. The van der Waals surface area contributed by atoms with Crippen LogP contribution in [-0.2, 0) is 17.8 Å². The Morgan fingerprint density at radius 1 is 1.13 bits per heavy atom. The molecule has 1 amide bonds. The second-order valence-corrected chi connectivity index (χ2v) is 6.24. The van der Waals surface area contributed by atoms with Gasteiger partial charge in [0.05, 0.1) is 5.69 Å². The second-order valence-electron chi connectivity index (χ2n) is 6.24. The first kappa shape index (κ1) is 15.8. The van der Waals surface area contributed by atoms with Gasteiger partial charge in [-0.3, -0.25) is 4.79 Å². The van der Waals surface area contributed by atoms with Crippen LogP contribution >= 0.6 is 0 Å². The highest BCUT2D eigenvalue weighted by Crippen LogP contribution is 2.20. The number of carbonyl (C=O) groups is 1. The molecule has 0 atom stereocenters. The fourth-order valence-corrected chi connectivity index (χ4v) is 3.17. The molecule has 0 spiro atoms. The van der Waals surface area contributed by atoms with Crippen molar-refractivity contribution < 1.29 is 4.79 Å². The number of nitrogens with zero attached hydrogens (tertiary/aromatic N) is 5. The van der Waals surface area contributed by atoms with Gasteiger partial charge in [-0.25, -0.2) is 9.97 Å². The Kier molecular flexibility index (Phi) is 4.50. The lowest BCUT2D eigenvalue weighted by Gasteiger charge is -2.37. The lowest BCUT2D eigenvalue weighted by atomic mass is 10.1. The number of rotatable bonds is 2. The Hall–Kier alpha value is -2.11. The number of piperazine rings is 1. The standard InChI is InChI=1S/C17H25N5O/c1-4-13(2)20-7-9-21(10-8-20)17-18-11-15-12-22(14(3)23)6-5-16(15)19-17/h4,11H,5-10,12H2,1-3H3/b13-4+. The van der Waals surface area contributed by atoms with E-state index in [-0.39, 0.29) is 5.91 Å². The first-order valence-corrected chi connectivity index (χ1v) is 8.31. The lowest BCUT2D eigenvalue weighted by Crippen LogP contribution is -2.46. The van der Waals surface area contributed by atoms with E-state index >= 15 is 0 Å². The molecule has 6 nitrogen and oxygen atoms in total. The molecular weight excluding hydrogens is 290 g/mol. The van der Waals surface area contributed by atoms with E-state index in [1.165, 1.54) is 5.70 Å². The minimum Gasteiger partial charge on any atom is -0.372 e. The molecule has 0 N–H and O–H groups in total. The molecule has 3 heterocycles. The quantitative estimate of drug-likeness (QED) is 0.826. The monoisotopic (exact) mass is 315 g/mol. The normalized spacial score (nSPS) is 18.9. The van der Waals surface area contributed by atoms with Crippen molar-refractivity contribution in [1.82, 2.24) is 19.8 Å². The van der Waals surface area contributed by atoms with Crippen LogP contribution in [0.1, 0.15) is 32.0 Å². The summed E-state index contributed by atoms with van der Waals surface area (Å²) in [6.45, 7) is 11.2. The molecular formula is C17H25N5O. The molecule has 3 rings (SSSR count). The summed E-state index contributed by atoms with van der Waals surface area (Å²) < 4.78 is 0. The summed E-state index contributed by atoms with van der Waals surface area (Å²) in [5.41, 5.74) is 3.51. The van der Waals surface area contributed by atoms with Crippen LogP contribution < -0.4 is 4.90 Å². The van der Waals surface area contributed by atoms with E-state index in [1.54, 1.807) is 6.92 Å². The number of carbonyl (C=O) groups excluding carboxylic acids is 1. The fraction of sp³-hybridized carbons (Fsp3) is 0.588. The first-order chi connectivity index (χ1) is 11.1. The molecule has 1 aromatic heterocycles. The minimum atomic E-state index is 0.121. The molecule has 2 aliphatic heterocycles. The average molecular weight is 315 g/mol. The molecule has 0 bridgehead atoms. The van der Waals surface area contributed by atoms with Crippen LogP contribution in [-0.4, -0.2) is 58.4 Å². The molecule has 0 radical (unpaired) electrons. The van der Waals surface area contributed by atoms with Gasteiger partial charge in [-0.05, 0) is 13.8 Å². The maximum absolute atomic E-state index is 11.5. The Balaban J connectivity index is 1.68. The van der Waals surface area contributed by atoms with Crippen LogP contribution in [0.3, 0.4) is 0 Å². The van der Waals surface area contributed by atoms with Gasteiger partial charge in [0, 0.05) is 70.1 Å². The summed E-state index contributed by atoms with van der Waals surface area (Å²) in [7, 11) is 0. The summed E-state index contributed by atoms with van der Waals surface area (Å²) in [6.07, 6.45) is 4.88. The van der Waals surface area contributed by atoms with Crippen molar-refractivity contribution in [2.24, 2.45) is 0 Å². The van der Waals surface area contributed by atoms with E-state index in [2.05, 4.69) is 34.7 Å². The minimum absolute atomic E-state index is 0.121. The zero-order chi connectivity index (χ0) is 16.4. The van der Waals surface area contributed by atoms with Gasteiger partial charge < -0.3 is 14.7 Å². The van der Waals surface area contributed by atoms with Crippen molar-refractivity contribution in [3.8, 4) is 0 Å². The molecule has 6 heteroatoms. The van der Waals surface area contributed by atoms with Crippen LogP contribution in [0.15, 0.2) is 18.0 Å². The number of aromatic nitrogens is 2. The van der Waals surface area contributed by atoms with Gasteiger partial charge in [-0.2, -0.15) is 0 Å². The van der Waals surface area contributed by atoms with Crippen molar-refractivity contribution in [2.75, 3.05) is 37.6 Å². The van der Waals surface area contributed by atoms with Gasteiger partial charge in [0.25, 0.3) is 0 Å². The molecule has 1 fully saturated rings. The highest BCUT2D eigenvalue weighted by molar-refractivity contribution is 5.73. The SMILES string of the molecule is C/C=C(\C)N1CCN(c2ncc3c(n2)CCN(C(C)=O)C3)CC1. The summed E-state index contributed by atoms with van der Waals surface area (Å²) in [5.74, 6) is 0.952. The molecule has 1 aromatic rings. The summed E-state index contributed by atoms with van der Waals surface area (Å²) in [5, 5.41) is 0. The largest absolute Gasteiger partial charge is 0.372 e. The van der Waals surface area contributed by atoms with E-state index in [4.69, 9.17) is 4.98 Å². The number of anilines is 1. The van der Waals surface area contributed by atoms with Crippen molar-refractivity contribution in [2.45, 2.75) is 33.7 Å². The van der Waals surface area contributed by atoms with E-state index < -0.39 is 0 Å². The highest BCUT2D eigenvalue weighted by Gasteiger charge is 2.23. The van der Waals surface area contributed by atoms with Crippen LogP contribution in [0.5, 0.6) is 0 Å². The first-order valence-electron chi connectivity index (χ1n) is 8.31. The van der Waals surface area contributed by atoms with Crippen molar-refractivity contribution >= 4 is 11.9 Å². The molecule has 0 aliphatic carbocycles. The van der Waals surface area contributed by atoms with Gasteiger partial charge in [-0.15, -0.1) is 0 Å². The summed E-state index contributed by atoms with van der Waals surface area (Å²) in [4.78, 5) is 27.3. The number of fused-ring (bicyclic) bond motifs is 1. The van der Waals surface area contributed by atoms with E-state index in [1.807, 2.05) is 11.1 Å². The maximum atomic E-state index is 11.5. The number of hydrogen-bond donors (Lipinski definition) is 0. The zero-order valence-electron chi connectivity index (χ0n) is 14.2. The Bertz CT molecular complexity index is 619. The average Bonchev–Trinajstić information content (AvgIpc) is 2.60. The summed E-state index contributed by atoms with van der Waals surface area (Å²) in [6, 6.07) is 0. The van der Waals surface area contributed by atoms with Crippen molar-refractivity contribution in [3.63, 3.8) is 0 Å². The zero-order valence-corrected chi connectivity index (χ0v) is 14.2. The molecule has 0 saturated carbocycles. The number of allylic oxidation sites excluding steroid dienone is 2. The van der Waals surface area contributed by atoms with Crippen molar-refractivity contribution in [3.05, 3.63) is 29.2 Å². The molecule has 0 unspecified atom stereocenters. The molecule has 23 heavy (non-hydrogen) atoms. The Morgan fingerprint density at radius 3 is 2.52 bits per heavy atom. The third kappa shape index (κ3) is 3.30. The van der Waals surface area contributed by atoms with Crippen molar-refractivity contribution in [1.29, 1.82) is 0 Å². The predicted octanol–water partition coefficient (Wildman–Crippen LogP) is 1.43. The third-order valence-electron chi connectivity index (χ3n) is 4.85. The lowest BCUT2D eigenvalue weighted by molar-refractivity contribution is -0.129. The number of amides is 1. The van der Waals surface area contributed by atoms with Gasteiger partial charge in [0.2, 0.25) is 11.9 Å². The molecule has 1 saturated heterocycles. The number of hydrogen-bond acceptors (Lipinski definition) is 5. The van der Waals surface area contributed by atoms with Gasteiger partial charge in [-0.1, -0.05) is 6.08 Å². The van der Waals surface area contributed by atoms with Crippen LogP contribution in [0, 0.1) is 0 Å². The molecule has 0 aromatic carbocycles. The van der Waals surface area contributed by atoms with E-state index in [0.717, 1.165) is 56.4 Å². The summed E-state index contributed by atoms with van der Waals surface area (Å²) >= 11 is 0. The Morgan fingerprint density at radius 2 is 1.87 bits per heavy atom.